The molecule has 1 aliphatic heterocycles. The molecule has 2 aliphatic rings. The van der Waals surface area contributed by atoms with Crippen LogP contribution in [0.5, 0.6) is 0 Å². The number of fused-ring (bicyclic) bond motifs is 1. The number of allylic oxidation sites excluding steroid dienone is 4. The summed E-state index contributed by atoms with van der Waals surface area (Å²) in [6.45, 7) is 11.5. The van der Waals surface area contributed by atoms with Crippen molar-refractivity contribution in [2.45, 2.75) is 79.4 Å². The number of hydrogen-bond acceptors (Lipinski definition) is 7. The molecule has 0 aromatic carbocycles. The first-order valence-electron chi connectivity index (χ1n) is 13.6. The number of pyridine rings is 1. The summed E-state index contributed by atoms with van der Waals surface area (Å²) in [5, 5.41) is 11.5. The van der Waals surface area contributed by atoms with E-state index in [1.54, 1.807) is 0 Å². The predicted octanol–water partition coefficient (Wildman–Crippen LogP) is 5.40. The van der Waals surface area contributed by atoms with Gasteiger partial charge in [-0.3, -0.25) is 9.59 Å². The molecule has 1 aromatic heterocycles. The summed E-state index contributed by atoms with van der Waals surface area (Å²) in [6.07, 6.45) is 14.2. The SMILES string of the molecule is CC.CCC(NC(=O)C1=CC=C(OCc2cc(C)nc3c2CCCN3)C=CC1)C(CC)/C(=N/NC=O)SC. The molecule has 2 heterocycles. The number of ether oxygens (including phenoxy) is 1. The Kier molecular flexibility index (Phi) is 13.7. The minimum absolute atomic E-state index is 0.0157. The Morgan fingerprint density at radius 1 is 1.29 bits per heavy atom. The van der Waals surface area contributed by atoms with Crippen LogP contribution < -0.4 is 16.1 Å². The Hall–Kier alpha value is -3.07. The van der Waals surface area contributed by atoms with Crippen LogP contribution in [0.4, 0.5) is 5.82 Å². The van der Waals surface area contributed by atoms with Crippen molar-refractivity contribution < 1.29 is 14.3 Å². The van der Waals surface area contributed by atoms with Crippen LogP contribution in [-0.2, 0) is 27.4 Å². The van der Waals surface area contributed by atoms with E-state index in [0.717, 1.165) is 60.1 Å². The van der Waals surface area contributed by atoms with Crippen molar-refractivity contribution in [2.75, 3.05) is 18.1 Å². The van der Waals surface area contributed by atoms with E-state index in [1.165, 1.54) is 17.3 Å². The van der Waals surface area contributed by atoms with Gasteiger partial charge < -0.3 is 15.4 Å². The number of nitrogens with one attached hydrogen (secondary N) is 3. The van der Waals surface area contributed by atoms with E-state index in [9.17, 15) is 9.59 Å². The number of carbonyl (C=O) groups excluding carboxylic acids is 2. The molecule has 3 N–H and O–H groups in total. The molecule has 0 spiro atoms. The number of carbonyl (C=O) groups is 2. The lowest BCUT2D eigenvalue weighted by atomic mass is 9.95. The zero-order valence-corrected chi connectivity index (χ0v) is 24.4. The van der Waals surface area contributed by atoms with Gasteiger partial charge in [-0.25, -0.2) is 10.4 Å². The standard InChI is InChI=1S/C27H37N5O3S.C2H6/c1-5-22(27(36-4)32-29-17-33)24(6-2)31-26(34)19-9-7-10-21(13-12-19)35-16-20-15-18(3)30-25-23(20)11-8-14-28-25;1-2/h7,10,12-13,15,17,22,24H,5-6,8-9,11,14,16H2,1-4H3,(H,28,30)(H,29,33)(H,31,34);1-2H3/b32-27-;. The van der Waals surface area contributed by atoms with Gasteiger partial charge in [0.2, 0.25) is 12.3 Å². The van der Waals surface area contributed by atoms with Crippen LogP contribution in [0.3, 0.4) is 0 Å². The number of nitrogens with zero attached hydrogens (tertiary/aromatic N) is 2. The molecular formula is C29H43N5O3S. The van der Waals surface area contributed by atoms with Gasteiger partial charge in [-0.05, 0) is 75.1 Å². The van der Waals surface area contributed by atoms with Crippen molar-refractivity contribution in [3.8, 4) is 0 Å². The smallest absolute Gasteiger partial charge is 0.247 e. The van der Waals surface area contributed by atoms with E-state index in [4.69, 9.17) is 4.74 Å². The number of aromatic nitrogens is 1. The molecular weight excluding hydrogens is 498 g/mol. The number of thioether (sulfide) groups is 1. The van der Waals surface area contributed by atoms with Gasteiger partial charge in [0.05, 0.1) is 5.04 Å². The largest absolute Gasteiger partial charge is 0.489 e. The minimum atomic E-state index is -0.101. The van der Waals surface area contributed by atoms with Crippen molar-refractivity contribution in [1.29, 1.82) is 0 Å². The Morgan fingerprint density at radius 2 is 2.08 bits per heavy atom. The van der Waals surface area contributed by atoms with Crippen LogP contribution in [0.25, 0.3) is 0 Å². The highest BCUT2D eigenvalue weighted by molar-refractivity contribution is 8.13. The quantitative estimate of drug-likeness (QED) is 0.150. The van der Waals surface area contributed by atoms with E-state index in [2.05, 4.69) is 39.1 Å². The molecule has 9 heteroatoms. The average Bonchev–Trinajstić information content (AvgIpc) is 3.20. The molecule has 0 fully saturated rings. The molecule has 208 valence electrons. The van der Waals surface area contributed by atoms with Gasteiger partial charge in [-0.1, -0.05) is 33.8 Å². The molecule has 0 radical (unpaired) electrons. The molecule has 1 aliphatic carbocycles. The van der Waals surface area contributed by atoms with Crippen molar-refractivity contribution in [3.05, 3.63) is 58.5 Å². The number of hydrogen-bond donors (Lipinski definition) is 3. The number of aryl methyl sites for hydroxylation is 1. The summed E-state index contributed by atoms with van der Waals surface area (Å²) in [5.41, 5.74) is 6.42. The van der Waals surface area contributed by atoms with E-state index >= 15 is 0 Å². The monoisotopic (exact) mass is 541 g/mol. The van der Waals surface area contributed by atoms with Crippen LogP contribution in [0.15, 0.2) is 46.8 Å². The summed E-state index contributed by atoms with van der Waals surface area (Å²) in [6, 6.07) is 2.00. The summed E-state index contributed by atoms with van der Waals surface area (Å²) in [4.78, 5) is 28.4. The van der Waals surface area contributed by atoms with Crippen LogP contribution in [0, 0.1) is 12.8 Å². The van der Waals surface area contributed by atoms with Crippen molar-refractivity contribution >= 4 is 34.9 Å². The highest BCUT2D eigenvalue weighted by atomic mass is 32.2. The lowest BCUT2D eigenvalue weighted by Crippen LogP contribution is -2.43. The molecule has 38 heavy (non-hydrogen) atoms. The molecule has 0 bridgehead atoms. The maximum absolute atomic E-state index is 13.1. The van der Waals surface area contributed by atoms with Gasteiger partial charge in [0.1, 0.15) is 18.2 Å². The molecule has 3 rings (SSSR count). The Balaban J connectivity index is 0.00000247. The topological polar surface area (TPSA) is 105 Å². The third kappa shape index (κ3) is 8.75. The normalized spacial score (nSPS) is 16.2. The molecule has 1 aromatic rings. The van der Waals surface area contributed by atoms with E-state index in [-0.39, 0.29) is 17.9 Å². The van der Waals surface area contributed by atoms with Crippen molar-refractivity contribution in [3.63, 3.8) is 0 Å². The van der Waals surface area contributed by atoms with Crippen LogP contribution in [0.2, 0.25) is 0 Å². The summed E-state index contributed by atoms with van der Waals surface area (Å²) < 4.78 is 6.13. The lowest BCUT2D eigenvalue weighted by Gasteiger charge is -2.27. The summed E-state index contributed by atoms with van der Waals surface area (Å²) >= 11 is 1.48. The van der Waals surface area contributed by atoms with Crippen LogP contribution in [0.1, 0.15) is 70.2 Å². The molecule has 2 unspecified atom stereocenters. The van der Waals surface area contributed by atoms with Crippen molar-refractivity contribution in [2.24, 2.45) is 11.0 Å². The zero-order chi connectivity index (χ0) is 27.9. The highest BCUT2D eigenvalue weighted by Gasteiger charge is 2.26. The summed E-state index contributed by atoms with van der Waals surface area (Å²) in [7, 11) is 0. The van der Waals surface area contributed by atoms with Crippen LogP contribution in [-0.4, -0.2) is 41.2 Å². The Labute approximate surface area is 231 Å². The van der Waals surface area contributed by atoms with Gasteiger partial charge in [-0.2, -0.15) is 5.10 Å². The van der Waals surface area contributed by atoms with Gasteiger partial charge in [-0.15, -0.1) is 11.8 Å². The number of anilines is 1. The number of amides is 2. The minimum Gasteiger partial charge on any atom is -0.489 e. The first-order valence-corrected chi connectivity index (χ1v) is 14.8. The average molecular weight is 542 g/mol. The molecule has 0 saturated carbocycles. The van der Waals surface area contributed by atoms with Gasteiger partial charge >= 0.3 is 0 Å². The molecule has 2 atom stereocenters. The number of hydrazone groups is 1. The maximum atomic E-state index is 13.1. The first kappa shape index (κ1) is 31.1. The van der Waals surface area contributed by atoms with E-state index in [1.807, 2.05) is 58.3 Å². The third-order valence-electron chi connectivity index (χ3n) is 6.43. The van der Waals surface area contributed by atoms with Gasteiger partial charge in [0.15, 0.2) is 0 Å². The summed E-state index contributed by atoms with van der Waals surface area (Å²) in [5.74, 6) is 1.61. The van der Waals surface area contributed by atoms with Gasteiger partial charge in [0, 0.05) is 35.3 Å². The van der Waals surface area contributed by atoms with Crippen LogP contribution >= 0.6 is 11.8 Å². The third-order valence-corrected chi connectivity index (χ3v) is 7.24. The Morgan fingerprint density at radius 3 is 2.76 bits per heavy atom. The fourth-order valence-corrected chi connectivity index (χ4v) is 5.35. The van der Waals surface area contributed by atoms with Crippen molar-refractivity contribution in [1.82, 2.24) is 15.7 Å². The predicted molar refractivity (Wildman–Crippen MR) is 158 cm³/mol. The second-order valence-electron chi connectivity index (χ2n) is 8.84. The maximum Gasteiger partial charge on any atom is 0.247 e. The second-order valence-corrected chi connectivity index (χ2v) is 9.67. The molecule has 2 amide bonds. The van der Waals surface area contributed by atoms with Gasteiger partial charge in [0.25, 0.3) is 0 Å². The van der Waals surface area contributed by atoms with E-state index in [0.29, 0.717) is 25.0 Å². The first-order chi connectivity index (χ1) is 18.5. The second kappa shape index (κ2) is 16.7. The Bertz CT molecular complexity index is 1060. The number of rotatable bonds is 11. The molecule has 0 saturated heterocycles. The highest BCUT2D eigenvalue weighted by Crippen LogP contribution is 2.26. The fraction of sp³-hybridized carbons (Fsp3) is 0.517. The fourth-order valence-electron chi connectivity index (χ4n) is 4.58. The lowest BCUT2D eigenvalue weighted by molar-refractivity contribution is -0.118. The van der Waals surface area contributed by atoms with E-state index < -0.39 is 0 Å². The molecule has 8 nitrogen and oxygen atoms in total. The zero-order valence-electron chi connectivity index (χ0n) is 23.6.